The third-order valence-electron chi connectivity index (χ3n) is 4.62. The van der Waals surface area contributed by atoms with Crippen LogP contribution in [-0.2, 0) is 6.42 Å². The van der Waals surface area contributed by atoms with Crippen molar-refractivity contribution in [3.8, 4) is 0 Å². The van der Waals surface area contributed by atoms with Crippen molar-refractivity contribution in [1.29, 1.82) is 0 Å². The van der Waals surface area contributed by atoms with E-state index in [2.05, 4.69) is 5.32 Å². The summed E-state index contributed by atoms with van der Waals surface area (Å²) in [5, 5.41) is 3.86. The third-order valence-corrected chi connectivity index (χ3v) is 4.98. The Morgan fingerprint density at radius 2 is 2.11 bits per heavy atom. The molecule has 2 aliphatic rings. The predicted molar refractivity (Wildman–Crippen MR) is 72.3 cm³/mol. The molecule has 2 atom stereocenters. The highest BCUT2D eigenvalue weighted by Crippen LogP contribution is 2.60. The minimum atomic E-state index is -0.154. The maximum absolute atomic E-state index is 13.9. The molecular weight excluding hydrogens is 249 g/mol. The average molecular weight is 268 g/mol. The van der Waals surface area contributed by atoms with E-state index in [0.29, 0.717) is 10.6 Å². The van der Waals surface area contributed by atoms with Crippen molar-refractivity contribution in [3.63, 3.8) is 0 Å². The number of rotatable bonds is 4. The SMILES string of the molecule is CNCC1(Cc2c(F)cccc2Cl)CC2CC2C1. The summed E-state index contributed by atoms with van der Waals surface area (Å²) in [7, 11) is 1.98. The van der Waals surface area contributed by atoms with Gasteiger partial charge >= 0.3 is 0 Å². The largest absolute Gasteiger partial charge is 0.319 e. The Labute approximate surface area is 113 Å². The summed E-state index contributed by atoms with van der Waals surface area (Å²) in [6, 6.07) is 4.99. The minimum Gasteiger partial charge on any atom is -0.319 e. The van der Waals surface area contributed by atoms with Crippen molar-refractivity contribution >= 4 is 11.6 Å². The maximum Gasteiger partial charge on any atom is 0.127 e. The van der Waals surface area contributed by atoms with E-state index in [0.717, 1.165) is 24.8 Å². The monoisotopic (exact) mass is 267 g/mol. The van der Waals surface area contributed by atoms with Crippen LogP contribution in [0.1, 0.15) is 24.8 Å². The normalized spacial score (nSPS) is 33.5. The summed E-state index contributed by atoms with van der Waals surface area (Å²) < 4.78 is 13.9. The van der Waals surface area contributed by atoms with Gasteiger partial charge in [0, 0.05) is 17.1 Å². The summed E-state index contributed by atoms with van der Waals surface area (Å²) >= 11 is 6.16. The Balaban J connectivity index is 1.84. The quantitative estimate of drug-likeness (QED) is 0.878. The smallest absolute Gasteiger partial charge is 0.127 e. The molecule has 2 unspecified atom stereocenters. The van der Waals surface area contributed by atoms with E-state index >= 15 is 0 Å². The van der Waals surface area contributed by atoms with Gasteiger partial charge in [-0.25, -0.2) is 4.39 Å². The first-order valence-electron chi connectivity index (χ1n) is 6.71. The fourth-order valence-corrected chi connectivity index (χ4v) is 4.04. The molecule has 0 bridgehead atoms. The molecule has 1 aromatic rings. The summed E-state index contributed by atoms with van der Waals surface area (Å²) in [6.45, 7) is 0.963. The zero-order chi connectivity index (χ0) is 12.8. The second-order valence-electron chi connectivity index (χ2n) is 6.07. The van der Waals surface area contributed by atoms with Crippen molar-refractivity contribution in [2.24, 2.45) is 17.3 Å². The molecule has 3 heteroatoms. The van der Waals surface area contributed by atoms with Gasteiger partial charge in [-0.15, -0.1) is 0 Å². The second-order valence-corrected chi connectivity index (χ2v) is 6.48. The molecule has 3 rings (SSSR count). The first-order chi connectivity index (χ1) is 8.63. The number of fused-ring (bicyclic) bond motifs is 1. The summed E-state index contributed by atoms with van der Waals surface area (Å²) in [6.07, 6.45) is 4.61. The number of nitrogens with one attached hydrogen (secondary N) is 1. The molecule has 0 aliphatic heterocycles. The molecule has 0 saturated heterocycles. The Hall–Kier alpha value is -0.600. The highest BCUT2D eigenvalue weighted by atomic mass is 35.5. The number of benzene rings is 1. The topological polar surface area (TPSA) is 12.0 Å². The average Bonchev–Trinajstić information content (AvgIpc) is 2.93. The lowest BCUT2D eigenvalue weighted by atomic mass is 9.77. The third kappa shape index (κ3) is 2.17. The lowest BCUT2D eigenvalue weighted by molar-refractivity contribution is 0.252. The molecule has 1 nitrogen and oxygen atoms in total. The highest BCUT2D eigenvalue weighted by Gasteiger charge is 2.53. The van der Waals surface area contributed by atoms with Crippen molar-refractivity contribution in [2.75, 3.05) is 13.6 Å². The summed E-state index contributed by atoms with van der Waals surface area (Å²) in [4.78, 5) is 0. The van der Waals surface area contributed by atoms with Crippen LogP contribution in [0, 0.1) is 23.1 Å². The van der Waals surface area contributed by atoms with Crippen LogP contribution in [0.4, 0.5) is 4.39 Å². The lowest BCUT2D eigenvalue weighted by Crippen LogP contribution is -2.33. The highest BCUT2D eigenvalue weighted by molar-refractivity contribution is 6.31. The maximum atomic E-state index is 13.9. The van der Waals surface area contributed by atoms with Gasteiger partial charge in [0.2, 0.25) is 0 Å². The van der Waals surface area contributed by atoms with Gasteiger partial charge < -0.3 is 5.32 Å². The number of hydrogen-bond acceptors (Lipinski definition) is 1. The Kier molecular flexibility index (Phi) is 3.11. The first-order valence-corrected chi connectivity index (χ1v) is 7.09. The molecule has 0 amide bonds. The Morgan fingerprint density at radius 3 is 2.72 bits per heavy atom. The van der Waals surface area contributed by atoms with Crippen LogP contribution in [0.15, 0.2) is 18.2 Å². The van der Waals surface area contributed by atoms with E-state index in [4.69, 9.17) is 11.6 Å². The van der Waals surface area contributed by atoms with Gasteiger partial charge in [0.25, 0.3) is 0 Å². The van der Waals surface area contributed by atoms with Crippen LogP contribution in [0.3, 0.4) is 0 Å². The summed E-state index contributed by atoms with van der Waals surface area (Å²) in [5.74, 6) is 1.63. The molecule has 1 N–H and O–H groups in total. The van der Waals surface area contributed by atoms with Crippen molar-refractivity contribution in [2.45, 2.75) is 25.7 Å². The van der Waals surface area contributed by atoms with Gasteiger partial charge in [0.05, 0.1) is 0 Å². The first kappa shape index (κ1) is 12.4. The molecule has 0 aromatic heterocycles. The number of halogens is 2. The van der Waals surface area contributed by atoms with Crippen LogP contribution in [-0.4, -0.2) is 13.6 Å². The fraction of sp³-hybridized carbons (Fsp3) is 0.600. The summed E-state index contributed by atoms with van der Waals surface area (Å²) in [5.41, 5.74) is 0.921. The van der Waals surface area contributed by atoms with Gasteiger partial charge in [0.15, 0.2) is 0 Å². The Morgan fingerprint density at radius 1 is 1.39 bits per heavy atom. The van der Waals surface area contributed by atoms with Gasteiger partial charge in [0.1, 0.15) is 5.82 Å². The second kappa shape index (κ2) is 4.50. The molecule has 2 saturated carbocycles. The van der Waals surface area contributed by atoms with Crippen LogP contribution in [0.25, 0.3) is 0 Å². The fourth-order valence-electron chi connectivity index (χ4n) is 3.81. The van der Waals surface area contributed by atoms with E-state index in [9.17, 15) is 4.39 Å². The van der Waals surface area contributed by atoms with E-state index in [-0.39, 0.29) is 11.2 Å². The van der Waals surface area contributed by atoms with Gasteiger partial charge in [-0.1, -0.05) is 17.7 Å². The van der Waals surface area contributed by atoms with Crippen molar-refractivity contribution in [1.82, 2.24) is 5.32 Å². The molecule has 0 heterocycles. The van der Waals surface area contributed by atoms with Crippen molar-refractivity contribution in [3.05, 3.63) is 34.6 Å². The molecule has 2 aliphatic carbocycles. The van der Waals surface area contributed by atoms with Gasteiger partial charge in [-0.2, -0.15) is 0 Å². The van der Waals surface area contributed by atoms with Gasteiger partial charge in [-0.3, -0.25) is 0 Å². The van der Waals surface area contributed by atoms with E-state index in [1.54, 1.807) is 12.1 Å². The minimum absolute atomic E-state index is 0.154. The lowest BCUT2D eigenvalue weighted by Gasteiger charge is -2.31. The molecule has 1 aromatic carbocycles. The number of hydrogen-bond donors (Lipinski definition) is 1. The predicted octanol–water partition coefficient (Wildman–Crippen LogP) is 3.66. The zero-order valence-corrected chi connectivity index (χ0v) is 11.4. The standard InChI is InChI=1S/C15H19ClFN/c1-18-9-15(6-10-5-11(10)7-15)8-12-13(16)3-2-4-14(12)17/h2-4,10-11,18H,5-9H2,1H3. The van der Waals surface area contributed by atoms with Gasteiger partial charge in [-0.05, 0) is 62.1 Å². The van der Waals surface area contributed by atoms with Crippen LogP contribution in [0.5, 0.6) is 0 Å². The van der Waals surface area contributed by atoms with Crippen LogP contribution >= 0.6 is 11.6 Å². The molecule has 0 spiro atoms. The van der Waals surface area contributed by atoms with Crippen molar-refractivity contribution < 1.29 is 4.39 Å². The molecule has 0 radical (unpaired) electrons. The molecule has 18 heavy (non-hydrogen) atoms. The Bertz CT molecular complexity index is 430. The van der Waals surface area contributed by atoms with Crippen LogP contribution < -0.4 is 5.32 Å². The molecule has 98 valence electrons. The van der Waals surface area contributed by atoms with E-state index in [1.165, 1.54) is 25.3 Å². The van der Waals surface area contributed by atoms with Crippen LogP contribution in [0.2, 0.25) is 5.02 Å². The zero-order valence-electron chi connectivity index (χ0n) is 10.7. The van der Waals surface area contributed by atoms with E-state index < -0.39 is 0 Å². The molecular formula is C15H19ClFN. The molecule has 2 fully saturated rings. The van der Waals surface area contributed by atoms with E-state index in [1.807, 2.05) is 7.05 Å².